The van der Waals surface area contributed by atoms with Crippen LogP contribution in [-0.4, -0.2) is 51.3 Å². The third-order valence-electron chi connectivity index (χ3n) is 3.31. The van der Waals surface area contributed by atoms with Crippen molar-refractivity contribution in [3.8, 4) is 0 Å². The SMILES string of the molecule is COC(=O)C(CC(S(=O)(=O)C(F)(F)F)S(=O)(=O)C(F)(F)F)C(=O)C(C)(C)C. The maximum absolute atomic E-state index is 12.7. The zero-order valence-electron chi connectivity index (χ0n) is 14.3. The van der Waals surface area contributed by atoms with E-state index >= 15 is 0 Å². The fourth-order valence-corrected chi connectivity index (χ4v) is 5.36. The molecule has 0 saturated carbocycles. The Labute approximate surface area is 150 Å². The molecule has 0 radical (unpaired) electrons. The molecule has 0 aliphatic heterocycles. The third-order valence-corrected chi connectivity index (χ3v) is 7.89. The van der Waals surface area contributed by atoms with Crippen LogP contribution in [0, 0.1) is 11.3 Å². The van der Waals surface area contributed by atoms with Gasteiger partial charge in [0.25, 0.3) is 19.7 Å². The van der Waals surface area contributed by atoms with Gasteiger partial charge in [-0.15, -0.1) is 0 Å². The number of ketones is 1. The number of Topliss-reactive ketones (excluding diaryl/α,β-unsaturated/α-hetero) is 1. The van der Waals surface area contributed by atoms with Gasteiger partial charge in [-0.05, 0) is 6.42 Å². The molecule has 0 amide bonds. The molecule has 27 heavy (non-hydrogen) atoms. The van der Waals surface area contributed by atoms with Crippen LogP contribution in [0.4, 0.5) is 26.3 Å². The molecule has 0 aliphatic carbocycles. The first-order valence-electron chi connectivity index (χ1n) is 6.84. The molecule has 0 bridgehead atoms. The summed E-state index contributed by atoms with van der Waals surface area (Å²) in [7, 11) is -13.3. The zero-order chi connectivity index (χ0) is 22.2. The fraction of sp³-hybridized carbons (Fsp3) is 0.833. The molecule has 0 heterocycles. The number of esters is 1. The van der Waals surface area contributed by atoms with E-state index in [2.05, 4.69) is 4.74 Å². The second kappa shape index (κ2) is 7.56. The Morgan fingerprint density at radius 2 is 1.19 bits per heavy atom. The number of carbonyl (C=O) groups is 2. The molecule has 0 aliphatic rings. The Kier molecular flexibility index (Phi) is 7.18. The summed E-state index contributed by atoms with van der Waals surface area (Å²) >= 11 is 0. The van der Waals surface area contributed by atoms with E-state index in [4.69, 9.17) is 0 Å². The van der Waals surface area contributed by atoms with Crippen molar-refractivity contribution in [1.29, 1.82) is 0 Å². The number of halogens is 6. The van der Waals surface area contributed by atoms with Crippen LogP contribution in [0.25, 0.3) is 0 Å². The molecule has 0 aromatic carbocycles. The standard InChI is InChI=1S/C12H16F6O7S2/c1-10(2,3)8(19)6(9(20)25-4)5-7(26(21,22)11(13,14)15)27(23,24)12(16,17)18/h6-7H,5H2,1-4H3. The van der Waals surface area contributed by atoms with E-state index in [1.165, 1.54) is 0 Å². The lowest BCUT2D eigenvalue weighted by Gasteiger charge is -2.27. The van der Waals surface area contributed by atoms with Crippen LogP contribution in [0.1, 0.15) is 27.2 Å². The number of hydrogen-bond acceptors (Lipinski definition) is 7. The predicted octanol–water partition coefficient (Wildman–Crippen LogP) is 1.98. The Bertz CT molecular complexity index is 744. The predicted molar refractivity (Wildman–Crippen MR) is 78.3 cm³/mol. The minimum absolute atomic E-state index is 0.636. The Balaban J connectivity index is 6.65. The van der Waals surface area contributed by atoms with Crippen LogP contribution in [0.3, 0.4) is 0 Å². The van der Waals surface area contributed by atoms with Crippen LogP contribution in [0.15, 0.2) is 0 Å². The number of carbonyl (C=O) groups excluding carboxylic acids is 2. The summed E-state index contributed by atoms with van der Waals surface area (Å²) in [4.78, 5) is 23.9. The minimum atomic E-state index is -6.96. The molecular formula is C12H16F6O7S2. The van der Waals surface area contributed by atoms with Crippen LogP contribution >= 0.6 is 0 Å². The Morgan fingerprint density at radius 1 is 0.852 bits per heavy atom. The first-order valence-corrected chi connectivity index (χ1v) is 9.94. The summed E-state index contributed by atoms with van der Waals surface area (Å²) in [6.07, 6.45) is -2.10. The monoisotopic (exact) mass is 450 g/mol. The summed E-state index contributed by atoms with van der Waals surface area (Å²) in [6.45, 7) is 3.41. The lowest BCUT2D eigenvalue weighted by Crippen LogP contribution is -2.48. The molecule has 0 saturated heterocycles. The van der Waals surface area contributed by atoms with Gasteiger partial charge >= 0.3 is 17.0 Å². The summed E-state index contributed by atoms with van der Waals surface area (Å²) in [5.74, 6) is -5.46. The van der Waals surface area contributed by atoms with Gasteiger partial charge < -0.3 is 4.74 Å². The van der Waals surface area contributed by atoms with E-state index < -0.39 is 64.8 Å². The van der Waals surface area contributed by atoms with Crippen molar-refractivity contribution < 1.29 is 57.5 Å². The van der Waals surface area contributed by atoms with Gasteiger partial charge in [0.2, 0.25) is 0 Å². The highest BCUT2D eigenvalue weighted by atomic mass is 32.3. The average Bonchev–Trinajstić information content (AvgIpc) is 2.42. The second-order valence-corrected chi connectivity index (χ2v) is 10.9. The molecule has 1 unspecified atom stereocenters. The Morgan fingerprint density at radius 3 is 1.41 bits per heavy atom. The van der Waals surface area contributed by atoms with E-state index in [-0.39, 0.29) is 0 Å². The number of alkyl halides is 6. The molecule has 0 spiro atoms. The van der Waals surface area contributed by atoms with E-state index in [0.717, 1.165) is 20.8 Å². The highest BCUT2D eigenvalue weighted by molar-refractivity contribution is 8.09. The van der Waals surface area contributed by atoms with Crippen LogP contribution in [0.5, 0.6) is 0 Å². The molecule has 1 atom stereocenters. The van der Waals surface area contributed by atoms with Crippen LogP contribution in [-0.2, 0) is 34.0 Å². The molecule has 7 nitrogen and oxygen atoms in total. The summed E-state index contributed by atoms with van der Waals surface area (Å²) in [6, 6.07) is 0. The third kappa shape index (κ3) is 5.33. The first-order chi connectivity index (χ1) is 11.6. The molecule has 0 aromatic heterocycles. The smallest absolute Gasteiger partial charge is 0.468 e. The number of sulfone groups is 2. The van der Waals surface area contributed by atoms with Crippen molar-refractivity contribution in [1.82, 2.24) is 0 Å². The molecule has 160 valence electrons. The van der Waals surface area contributed by atoms with Crippen molar-refractivity contribution in [3.05, 3.63) is 0 Å². The van der Waals surface area contributed by atoms with E-state index in [1.54, 1.807) is 0 Å². The van der Waals surface area contributed by atoms with Crippen LogP contribution < -0.4 is 0 Å². The minimum Gasteiger partial charge on any atom is -0.468 e. The summed E-state index contributed by atoms with van der Waals surface area (Å²) < 4.78 is 122. The van der Waals surface area contributed by atoms with E-state index in [1.807, 2.05) is 0 Å². The molecular weight excluding hydrogens is 434 g/mol. The van der Waals surface area contributed by atoms with Gasteiger partial charge in [0, 0.05) is 5.41 Å². The zero-order valence-corrected chi connectivity index (χ0v) is 15.9. The van der Waals surface area contributed by atoms with Crippen LogP contribution in [0.2, 0.25) is 0 Å². The van der Waals surface area contributed by atoms with Crippen molar-refractivity contribution in [3.63, 3.8) is 0 Å². The lowest BCUT2D eigenvalue weighted by molar-refractivity contribution is -0.152. The van der Waals surface area contributed by atoms with Gasteiger partial charge in [0.1, 0.15) is 5.92 Å². The van der Waals surface area contributed by atoms with Crippen molar-refractivity contribution in [2.75, 3.05) is 7.11 Å². The van der Waals surface area contributed by atoms with Gasteiger partial charge in [-0.1, -0.05) is 20.8 Å². The first kappa shape index (κ1) is 25.6. The molecule has 0 N–H and O–H groups in total. The maximum Gasteiger partial charge on any atom is 0.498 e. The molecule has 0 aromatic rings. The lowest BCUT2D eigenvalue weighted by atomic mass is 9.82. The van der Waals surface area contributed by atoms with Gasteiger partial charge in [0.15, 0.2) is 10.4 Å². The Hall–Kier alpha value is -1.38. The number of rotatable bonds is 6. The molecule has 0 fully saturated rings. The number of hydrogen-bond donors (Lipinski definition) is 0. The van der Waals surface area contributed by atoms with Gasteiger partial charge in [0.05, 0.1) is 7.11 Å². The largest absolute Gasteiger partial charge is 0.498 e. The summed E-state index contributed by atoms with van der Waals surface area (Å²) in [5, 5.41) is 0. The molecule has 15 heteroatoms. The van der Waals surface area contributed by atoms with E-state index in [0.29, 0.717) is 7.11 Å². The quantitative estimate of drug-likeness (QED) is 0.346. The average molecular weight is 450 g/mol. The van der Waals surface area contributed by atoms with Crippen molar-refractivity contribution >= 4 is 31.4 Å². The highest BCUT2D eigenvalue weighted by Gasteiger charge is 2.64. The van der Waals surface area contributed by atoms with E-state index in [9.17, 15) is 52.8 Å². The number of methoxy groups -OCH3 is 1. The topological polar surface area (TPSA) is 112 Å². The van der Waals surface area contributed by atoms with Gasteiger partial charge in [-0.2, -0.15) is 26.3 Å². The maximum atomic E-state index is 12.7. The van der Waals surface area contributed by atoms with Gasteiger partial charge in [-0.3, -0.25) is 9.59 Å². The highest BCUT2D eigenvalue weighted by Crippen LogP contribution is 2.40. The molecule has 0 rings (SSSR count). The fourth-order valence-electron chi connectivity index (χ4n) is 1.89. The number of ether oxygens (including phenoxy) is 1. The van der Waals surface area contributed by atoms with Crippen molar-refractivity contribution in [2.45, 2.75) is 42.8 Å². The van der Waals surface area contributed by atoms with Crippen molar-refractivity contribution in [2.24, 2.45) is 11.3 Å². The normalized spacial score (nSPS) is 15.5. The second-order valence-electron chi connectivity index (χ2n) is 6.34. The summed E-state index contributed by atoms with van der Waals surface area (Å²) in [5.41, 5.74) is -14.3. The van der Waals surface area contributed by atoms with Gasteiger partial charge in [-0.25, -0.2) is 16.8 Å².